The highest BCUT2D eigenvalue weighted by molar-refractivity contribution is 7.84. The maximum absolute atomic E-state index is 15.0. The SMILES string of the molecule is CS(=O)c1cccc(-c2ccc(CC(C#N)NC(=O)C3C4CCC(C4)N3C(=O)OC(C)(C)C)c(F)c2)c1. The summed E-state index contributed by atoms with van der Waals surface area (Å²) in [5, 5.41) is 12.5. The number of nitrogens with one attached hydrogen (secondary N) is 1. The third-order valence-electron chi connectivity index (χ3n) is 6.91. The molecule has 37 heavy (non-hydrogen) atoms. The van der Waals surface area contributed by atoms with Crippen molar-refractivity contribution in [3.63, 3.8) is 0 Å². The van der Waals surface area contributed by atoms with Crippen LogP contribution in [0.15, 0.2) is 47.4 Å². The van der Waals surface area contributed by atoms with Crippen LogP contribution in [0.2, 0.25) is 0 Å². The first kappa shape index (κ1) is 26.8. The molecule has 2 aromatic carbocycles. The highest BCUT2D eigenvalue weighted by atomic mass is 32.2. The van der Waals surface area contributed by atoms with Gasteiger partial charge in [0.1, 0.15) is 23.5 Å². The van der Waals surface area contributed by atoms with Crippen LogP contribution >= 0.6 is 0 Å². The number of nitrogens with zero attached hydrogens (tertiary/aromatic N) is 2. The number of carbonyl (C=O) groups is 2. The van der Waals surface area contributed by atoms with Crippen molar-refractivity contribution in [2.75, 3.05) is 6.26 Å². The fourth-order valence-corrected chi connectivity index (χ4v) is 5.82. The Labute approximate surface area is 219 Å². The van der Waals surface area contributed by atoms with E-state index in [-0.39, 0.29) is 18.4 Å². The Kier molecular flexibility index (Phi) is 7.69. The summed E-state index contributed by atoms with van der Waals surface area (Å²) in [6.45, 7) is 5.34. The van der Waals surface area contributed by atoms with Gasteiger partial charge in [0.25, 0.3) is 0 Å². The molecule has 9 heteroatoms. The van der Waals surface area contributed by atoms with E-state index >= 15 is 4.39 Å². The Morgan fingerprint density at radius 1 is 1.22 bits per heavy atom. The zero-order valence-electron chi connectivity index (χ0n) is 21.5. The summed E-state index contributed by atoms with van der Waals surface area (Å²) in [5.41, 5.74) is 0.971. The number of hydrogen-bond donors (Lipinski definition) is 1. The average molecular weight is 526 g/mol. The first-order chi connectivity index (χ1) is 17.5. The molecule has 1 aliphatic carbocycles. The summed E-state index contributed by atoms with van der Waals surface area (Å²) in [7, 11) is -1.15. The lowest BCUT2D eigenvalue weighted by Gasteiger charge is -2.35. The fraction of sp³-hybridized carbons (Fsp3) is 0.464. The third-order valence-corrected chi connectivity index (χ3v) is 7.82. The summed E-state index contributed by atoms with van der Waals surface area (Å²) in [5.74, 6) is -0.891. The number of nitriles is 1. The number of hydrogen-bond acceptors (Lipinski definition) is 5. The molecule has 2 amide bonds. The largest absolute Gasteiger partial charge is 0.444 e. The number of halogens is 1. The van der Waals surface area contributed by atoms with Crippen molar-refractivity contribution in [3.8, 4) is 17.2 Å². The molecule has 5 unspecified atom stereocenters. The third kappa shape index (κ3) is 6.02. The molecule has 2 bridgehead atoms. The van der Waals surface area contributed by atoms with Crippen LogP contribution in [0.3, 0.4) is 0 Å². The quantitative estimate of drug-likeness (QED) is 0.596. The Bertz CT molecular complexity index is 1270. The molecule has 5 atom stereocenters. The van der Waals surface area contributed by atoms with Gasteiger partial charge >= 0.3 is 6.09 Å². The maximum atomic E-state index is 15.0. The van der Waals surface area contributed by atoms with Crippen LogP contribution in [0.4, 0.5) is 9.18 Å². The van der Waals surface area contributed by atoms with E-state index in [4.69, 9.17) is 4.74 Å². The normalized spacial score (nSPS) is 22.3. The Balaban J connectivity index is 1.46. The van der Waals surface area contributed by atoms with Gasteiger partial charge in [0.15, 0.2) is 0 Å². The van der Waals surface area contributed by atoms with Crippen LogP contribution in [0, 0.1) is 23.1 Å². The Morgan fingerprint density at radius 3 is 2.59 bits per heavy atom. The van der Waals surface area contributed by atoms with Crippen molar-refractivity contribution in [2.24, 2.45) is 5.92 Å². The van der Waals surface area contributed by atoms with E-state index in [2.05, 4.69) is 11.4 Å². The molecular formula is C28H32FN3O4S. The molecule has 1 N–H and O–H groups in total. The highest BCUT2D eigenvalue weighted by Crippen LogP contribution is 2.43. The summed E-state index contributed by atoms with van der Waals surface area (Å²) in [6.07, 6.45) is 3.44. The molecule has 2 aliphatic rings. The van der Waals surface area contributed by atoms with E-state index < -0.39 is 46.3 Å². The zero-order valence-corrected chi connectivity index (χ0v) is 22.3. The Morgan fingerprint density at radius 2 is 1.95 bits per heavy atom. The molecule has 1 aliphatic heterocycles. The molecule has 0 aromatic heterocycles. The second kappa shape index (κ2) is 10.6. The number of carbonyl (C=O) groups excluding carboxylic acids is 2. The van der Waals surface area contributed by atoms with Gasteiger partial charge in [-0.1, -0.05) is 24.3 Å². The summed E-state index contributed by atoms with van der Waals surface area (Å²) < 4.78 is 32.4. The smallest absolute Gasteiger partial charge is 0.411 e. The monoisotopic (exact) mass is 525 g/mol. The van der Waals surface area contributed by atoms with E-state index in [1.165, 1.54) is 11.0 Å². The number of rotatable bonds is 6. The molecule has 1 saturated heterocycles. The molecule has 4 rings (SSSR count). The van der Waals surface area contributed by atoms with Gasteiger partial charge < -0.3 is 10.1 Å². The minimum atomic E-state index is -1.15. The first-order valence-corrected chi connectivity index (χ1v) is 14.0. The van der Waals surface area contributed by atoms with E-state index in [1.54, 1.807) is 57.4 Å². The standard InChI is InChI=1S/C28H32FN3O4S/c1-28(2,3)36-27(34)32-22-11-10-20(13-22)25(32)26(33)31-21(16-30)12-19-9-8-18(15-24(19)29)17-6-5-7-23(14-17)37(4)35/h5-9,14-15,20-22,25H,10-13H2,1-4H3,(H,31,33). The molecule has 1 saturated carbocycles. The van der Waals surface area contributed by atoms with Gasteiger partial charge in [0.05, 0.1) is 6.07 Å². The van der Waals surface area contributed by atoms with Crippen LogP contribution in [-0.4, -0.2) is 51.1 Å². The average Bonchev–Trinajstić information content (AvgIpc) is 3.45. The lowest BCUT2D eigenvalue weighted by Crippen LogP contribution is -2.55. The van der Waals surface area contributed by atoms with Gasteiger partial charge in [-0.3, -0.25) is 13.9 Å². The lowest BCUT2D eigenvalue weighted by molar-refractivity contribution is -0.128. The van der Waals surface area contributed by atoms with Gasteiger partial charge in [-0.25, -0.2) is 9.18 Å². The van der Waals surface area contributed by atoms with Crippen molar-refractivity contribution in [2.45, 2.75) is 75.1 Å². The Hall–Kier alpha value is -3.25. The van der Waals surface area contributed by atoms with Gasteiger partial charge in [-0.05, 0) is 80.8 Å². The molecule has 7 nitrogen and oxygen atoms in total. The molecule has 0 spiro atoms. The van der Waals surface area contributed by atoms with E-state index in [1.807, 2.05) is 6.07 Å². The van der Waals surface area contributed by atoms with Crippen molar-refractivity contribution in [3.05, 3.63) is 53.8 Å². The number of likely N-dealkylation sites (tertiary alicyclic amines) is 1. The van der Waals surface area contributed by atoms with Crippen LogP contribution < -0.4 is 5.32 Å². The van der Waals surface area contributed by atoms with Gasteiger partial charge in [-0.15, -0.1) is 0 Å². The van der Waals surface area contributed by atoms with Crippen LogP contribution in [0.1, 0.15) is 45.6 Å². The van der Waals surface area contributed by atoms with Gasteiger partial charge in [0.2, 0.25) is 5.91 Å². The number of benzene rings is 2. The highest BCUT2D eigenvalue weighted by Gasteiger charge is 2.52. The molecule has 2 fully saturated rings. The molecule has 1 heterocycles. The van der Waals surface area contributed by atoms with Crippen LogP contribution in [0.25, 0.3) is 11.1 Å². The molecule has 196 valence electrons. The van der Waals surface area contributed by atoms with Crippen LogP contribution in [-0.2, 0) is 26.8 Å². The lowest BCUT2D eigenvalue weighted by atomic mass is 9.97. The van der Waals surface area contributed by atoms with E-state index in [9.17, 15) is 19.1 Å². The van der Waals surface area contributed by atoms with Crippen molar-refractivity contribution in [1.29, 1.82) is 5.26 Å². The summed E-state index contributed by atoms with van der Waals surface area (Å²) >= 11 is 0. The predicted molar refractivity (Wildman–Crippen MR) is 138 cm³/mol. The number of piperidine rings is 1. The van der Waals surface area contributed by atoms with Gasteiger partial charge in [-0.2, -0.15) is 5.26 Å². The van der Waals surface area contributed by atoms with Crippen molar-refractivity contribution < 1.29 is 22.9 Å². The number of amides is 2. The summed E-state index contributed by atoms with van der Waals surface area (Å²) in [6, 6.07) is 12.2. The molecule has 2 aromatic rings. The van der Waals surface area contributed by atoms with Crippen molar-refractivity contribution >= 4 is 22.8 Å². The topological polar surface area (TPSA) is 99.5 Å². The number of fused-ring (bicyclic) bond motifs is 2. The minimum Gasteiger partial charge on any atom is -0.444 e. The second-order valence-corrected chi connectivity index (χ2v) is 12.1. The van der Waals surface area contributed by atoms with Crippen LogP contribution in [0.5, 0.6) is 0 Å². The second-order valence-electron chi connectivity index (χ2n) is 10.7. The maximum Gasteiger partial charge on any atom is 0.411 e. The van der Waals surface area contributed by atoms with E-state index in [0.717, 1.165) is 24.8 Å². The summed E-state index contributed by atoms with van der Waals surface area (Å²) in [4.78, 5) is 28.3. The number of ether oxygens (including phenoxy) is 1. The van der Waals surface area contributed by atoms with Crippen molar-refractivity contribution in [1.82, 2.24) is 10.2 Å². The first-order valence-electron chi connectivity index (χ1n) is 12.4. The molecular weight excluding hydrogens is 493 g/mol. The zero-order chi connectivity index (χ0) is 26.9. The van der Waals surface area contributed by atoms with E-state index in [0.29, 0.717) is 16.0 Å². The minimum absolute atomic E-state index is 0.0133. The fourth-order valence-electron chi connectivity index (χ4n) is 5.26. The predicted octanol–water partition coefficient (Wildman–Crippen LogP) is 4.57. The molecule has 0 radical (unpaired) electrons. The van der Waals surface area contributed by atoms with Gasteiger partial charge in [0, 0.05) is 34.4 Å².